The van der Waals surface area contributed by atoms with Crippen LogP contribution in [-0.4, -0.2) is 6.47 Å². The molecule has 94 valence electrons. The van der Waals surface area contributed by atoms with E-state index in [0.29, 0.717) is 18.6 Å². The van der Waals surface area contributed by atoms with E-state index in [1.165, 1.54) is 0 Å². The van der Waals surface area contributed by atoms with Gasteiger partial charge in [0, 0.05) is 6.42 Å². The van der Waals surface area contributed by atoms with Crippen molar-refractivity contribution in [3.05, 3.63) is 54.1 Å². The van der Waals surface area contributed by atoms with Gasteiger partial charge < -0.3 is 4.74 Å². The number of ether oxygens (including phenoxy) is 1. The minimum Gasteiger partial charge on any atom is -0.429 e. The summed E-state index contributed by atoms with van der Waals surface area (Å²) in [4.78, 5) is 10.2. The van der Waals surface area contributed by atoms with Crippen molar-refractivity contribution >= 4 is 6.47 Å². The molecule has 3 nitrogen and oxygen atoms in total. The van der Waals surface area contributed by atoms with Crippen LogP contribution in [0.5, 0.6) is 5.75 Å². The molecule has 0 saturated carbocycles. The van der Waals surface area contributed by atoms with Crippen molar-refractivity contribution in [3.8, 4) is 22.9 Å². The van der Waals surface area contributed by atoms with Gasteiger partial charge in [-0.3, -0.25) is 4.79 Å². The molecule has 0 radical (unpaired) electrons. The van der Waals surface area contributed by atoms with Crippen LogP contribution in [0.25, 0.3) is 11.1 Å². The first kappa shape index (κ1) is 12.8. The van der Waals surface area contributed by atoms with Gasteiger partial charge >= 0.3 is 0 Å². The molecule has 0 fully saturated rings. The van der Waals surface area contributed by atoms with Crippen molar-refractivity contribution in [2.75, 3.05) is 0 Å². The van der Waals surface area contributed by atoms with Crippen molar-refractivity contribution in [3.63, 3.8) is 0 Å². The molecule has 0 aromatic heterocycles. The lowest BCUT2D eigenvalue weighted by molar-refractivity contribution is -0.120. The van der Waals surface area contributed by atoms with Gasteiger partial charge in [-0.2, -0.15) is 5.26 Å². The predicted molar refractivity (Wildman–Crippen MR) is 72.5 cm³/mol. The molecule has 19 heavy (non-hydrogen) atoms. The maximum atomic E-state index is 10.2. The standard InChI is InChI=1S/C16H13NO2/c17-11-1-2-13-3-5-14(6-4-13)15-7-9-16(10-8-15)19-12-18/h3-10,12H,1-2H2. The maximum absolute atomic E-state index is 10.2. The Balaban J connectivity index is 2.13. The molecule has 0 aliphatic heterocycles. The number of nitrogens with zero attached hydrogens (tertiary/aromatic N) is 1. The first-order chi connectivity index (χ1) is 9.33. The van der Waals surface area contributed by atoms with Crippen LogP contribution in [0.3, 0.4) is 0 Å². The molecule has 0 unspecified atom stereocenters. The van der Waals surface area contributed by atoms with Crippen molar-refractivity contribution < 1.29 is 9.53 Å². The van der Waals surface area contributed by atoms with Gasteiger partial charge in [-0.1, -0.05) is 36.4 Å². The summed E-state index contributed by atoms with van der Waals surface area (Å²) in [6.07, 6.45) is 1.32. The number of carbonyl (C=O) groups is 1. The molecule has 0 aliphatic rings. The van der Waals surface area contributed by atoms with Crippen LogP contribution in [0.15, 0.2) is 48.5 Å². The number of carbonyl (C=O) groups excluding carboxylic acids is 1. The number of hydrogen-bond donors (Lipinski definition) is 0. The van der Waals surface area contributed by atoms with E-state index in [9.17, 15) is 4.79 Å². The summed E-state index contributed by atoms with van der Waals surface area (Å²) in [5.74, 6) is 0.532. The van der Waals surface area contributed by atoms with Crippen LogP contribution in [0.4, 0.5) is 0 Å². The minimum atomic E-state index is 0.416. The number of rotatable bonds is 5. The quantitative estimate of drug-likeness (QED) is 0.766. The van der Waals surface area contributed by atoms with Crippen molar-refractivity contribution in [2.45, 2.75) is 12.8 Å². The van der Waals surface area contributed by atoms with Crippen LogP contribution in [0, 0.1) is 11.3 Å². The van der Waals surface area contributed by atoms with Crippen molar-refractivity contribution in [2.24, 2.45) is 0 Å². The third-order valence-corrected chi connectivity index (χ3v) is 2.85. The minimum absolute atomic E-state index is 0.416. The highest BCUT2D eigenvalue weighted by atomic mass is 16.5. The van der Waals surface area contributed by atoms with E-state index >= 15 is 0 Å². The molecule has 2 rings (SSSR count). The van der Waals surface area contributed by atoms with E-state index in [1.807, 2.05) is 36.4 Å². The maximum Gasteiger partial charge on any atom is 0.298 e. The lowest BCUT2D eigenvalue weighted by Crippen LogP contribution is -1.88. The molecule has 0 saturated heterocycles. The topological polar surface area (TPSA) is 50.1 Å². The molecule has 0 N–H and O–H groups in total. The van der Waals surface area contributed by atoms with Gasteiger partial charge in [-0.05, 0) is 35.2 Å². The molecule has 0 atom stereocenters. The summed E-state index contributed by atoms with van der Waals surface area (Å²) in [7, 11) is 0. The molecule has 0 aliphatic carbocycles. The van der Waals surface area contributed by atoms with Crippen LogP contribution < -0.4 is 4.74 Å². The van der Waals surface area contributed by atoms with Gasteiger partial charge in [0.15, 0.2) is 0 Å². The average molecular weight is 251 g/mol. The van der Waals surface area contributed by atoms with Crippen molar-refractivity contribution in [1.29, 1.82) is 5.26 Å². The van der Waals surface area contributed by atoms with E-state index in [2.05, 4.69) is 6.07 Å². The Morgan fingerprint density at radius 2 is 1.58 bits per heavy atom. The Morgan fingerprint density at radius 3 is 2.11 bits per heavy atom. The Kier molecular flexibility index (Phi) is 4.30. The molecular weight excluding hydrogens is 238 g/mol. The lowest BCUT2D eigenvalue weighted by Gasteiger charge is -2.04. The third-order valence-electron chi connectivity index (χ3n) is 2.85. The van der Waals surface area contributed by atoms with E-state index in [4.69, 9.17) is 10.00 Å². The van der Waals surface area contributed by atoms with Crippen LogP contribution in [-0.2, 0) is 11.2 Å². The van der Waals surface area contributed by atoms with Gasteiger partial charge in [0.1, 0.15) is 5.75 Å². The fourth-order valence-corrected chi connectivity index (χ4v) is 1.85. The fraction of sp³-hybridized carbons (Fsp3) is 0.125. The average Bonchev–Trinajstić information content (AvgIpc) is 2.47. The Bertz CT molecular complexity index is 580. The highest BCUT2D eigenvalue weighted by molar-refractivity contribution is 5.64. The Morgan fingerprint density at radius 1 is 1.00 bits per heavy atom. The number of nitriles is 1. The van der Waals surface area contributed by atoms with E-state index < -0.39 is 0 Å². The Labute approximate surface area is 112 Å². The zero-order valence-corrected chi connectivity index (χ0v) is 10.4. The molecule has 0 spiro atoms. The monoisotopic (exact) mass is 251 g/mol. The molecule has 0 amide bonds. The molecule has 0 heterocycles. The highest BCUT2D eigenvalue weighted by Crippen LogP contribution is 2.22. The summed E-state index contributed by atoms with van der Waals surface area (Å²) in [5, 5.41) is 8.54. The predicted octanol–water partition coefficient (Wildman–Crippen LogP) is 3.34. The lowest BCUT2D eigenvalue weighted by atomic mass is 10.0. The summed E-state index contributed by atoms with van der Waals surface area (Å²) < 4.78 is 4.75. The zero-order chi connectivity index (χ0) is 13.5. The van der Waals surface area contributed by atoms with Gasteiger partial charge in [0.2, 0.25) is 0 Å². The zero-order valence-electron chi connectivity index (χ0n) is 10.4. The second-order valence-corrected chi connectivity index (χ2v) is 4.09. The smallest absolute Gasteiger partial charge is 0.298 e. The van der Waals surface area contributed by atoms with Gasteiger partial charge in [-0.15, -0.1) is 0 Å². The van der Waals surface area contributed by atoms with Gasteiger partial charge in [-0.25, -0.2) is 0 Å². The molecule has 0 bridgehead atoms. The summed E-state index contributed by atoms with van der Waals surface area (Å²) in [5.41, 5.74) is 3.31. The molecule has 3 heteroatoms. The van der Waals surface area contributed by atoms with E-state index in [1.54, 1.807) is 12.1 Å². The van der Waals surface area contributed by atoms with E-state index in [-0.39, 0.29) is 0 Å². The number of hydrogen-bond acceptors (Lipinski definition) is 3. The normalized spacial score (nSPS) is 9.63. The second-order valence-electron chi connectivity index (χ2n) is 4.09. The summed E-state index contributed by atoms with van der Waals surface area (Å²) in [6.45, 7) is 0.416. The van der Waals surface area contributed by atoms with Crippen LogP contribution in [0.2, 0.25) is 0 Å². The first-order valence-corrected chi connectivity index (χ1v) is 6.00. The van der Waals surface area contributed by atoms with Crippen molar-refractivity contribution in [1.82, 2.24) is 0 Å². The summed E-state index contributed by atoms with van der Waals surface area (Å²) in [6, 6.07) is 17.6. The van der Waals surface area contributed by atoms with Gasteiger partial charge in [0.25, 0.3) is 6.47 Å². The second kappa shape index (κ2) is 6.36. The first-order valence-electron chi connectivity index (χ1n) is 6.00. The molecular formula is C16H13NO2. The third kappa shape index (κ3) is 3.43. The highest BCUT2D eigenvalue weighted by Gasteiger charge is 1.99. The molecule has 2 aromatic carbocycles. The summed E-state index contributed by atoms with van der Waals surface area (Å²) >= 11 is 0. The van der Waals surface area contributed by atoms with Gasteiger partial charge in [0.05, 0.1) is 6.07 Å². The van der Waals surface area contributed by atoms with Crippen LogP contribution >= 0.6 is 0 Å². The Hall–Kier alpha value is -2.60. The number of benzene rings is 2. The largest absolute Gasteiger partial charge is 0.429 e. The number of aryl methyl sites for hydroxylation is 1. The SMILES string of the molecule is N#CCCc1ccc(-c2ccc(OC=O)cc2)cc1. The van der Waals surface area contributed by atoms with Crippen LogP contribution in [0.1, 0.15) is 12.0 Å². The fourth-order valence-electron chi connectivity index (χ4n) is 1.85. The van der Waals surface area contributed by atoms with E-state index in [0.717, 1.165) is 23.1 Å². The molecule has 2 aromatic rings.